The van der Waals surface area contributed by atoms with Gasteiger partial charge in [-0.3, -0.25) is 4.79 Å². The lowest BCUT2D eigenvalue weighted by Crippen LogP contribution is -2.15. The van der Waals surface area contributed by atoms with Gasteiger partial charge in [-0.15, -0.1) is 0 Å². The lowest BCUT2D eigenvalue weighted by molar-refractivity contribution is -0.116. The molecule has 2 rings (SSSR count). The lowest BCUT2D eigenvalue weighted by Gasteiger charge is -2.09. The average molecular weight is 334 g/mol. The van der Waals surface area contributed by atoms with E-state index in [-0.39, 0.29) is 5.91 Å². The molecule has 0 aromatic heterocycles. The summed E-state index contributed by atoms with van der Waals surface area (Å²) in [4.78, 5) is 11.9. The summed E-state index contributed by atoms with van der Waals surface area (Å²) >= 11 is 3.42. The summed E-state index contributed by atoms with van der Waals surface area (Å²) in [7, 11) is 0. The van der Waals surface area contributed by atoms with Gasteiger partial charge in [0.2, 0.25) is 5.91 Å². The summed E-state index contributed by atoms with van der Waals surface area (Å²) in [6.45, 7) is 2.35. The Balaban J connectivity index is 1.82. The maximum Gasteiger partial charge on any atom is 0.227 e. The molecule has 1 N–H and O–H groups in total. The summed E-state index contributed by atoms with van der Waals surface area (Å²) < 4.78 is 6.37. The molecule has 2 aromatic carbocycles. The van der Waals surface area contributed by atoms with Crippen LogP contribution in [0.5, 0.6) is 5.75 Å². The van der Waals surface area contributed by atoms with Crippen molar-refractivity contribution in [2.45, 2.75) is 13.3 Å². The smallest absolute Gasteiger partial charge is 0.227 e. The number of amides is 1. The molecule has 0 aliphatic carbocycles. The number of carbonyl (C=O) groups excluding carboxylic acids is 1. The van der Waals surface area contributed by atoms with E-state index in [0.717, 1.165) is 21.5 Å². The molecule has 1 amide bonds. The minimum Gasteiger partial charge on any atom is -0.493 e. The van der Waals surface area contributed by atoms with Crippen LogP contribution in [-0.4, -0.2) is 12.5 Å². The van der Waals surface area contributed by atoms with Crippen LogP contribution in [-0.2, 0) is 4.79 Å². The van der Waals surface area contributed by atoms with Crippen LogP contribution in [0.4, 0.5) is 5.69 Å². The monoisotopic (exact) mass is 333 g/mol. The number of ether oxygens (including phenoxy) is 1. The van der Waals surface area contributed by atoms with E-state index in [1.165, 1.54) is 0 Å². The van der Waals surface area contributed by atoms with E-state index in [1.807, 2.05) is 55.5 Å². The number of para-hydroxylation sites is 1. The van der Waals surface area contributed by atoms with Crippen LogP contribution in [0.2, 0.25) is 0 Å². The Morgan fingerprint density at radius 2 is 1.95 bits per heavy atom. The molecule has 0 bridgehead atoms. The third-order valence-corrected chi connectivity index (χ3v) is 3.43. The molecule has 0 aliphatic rings. The van der Waals surface area contributed by atoms with Gasteiger partial charge in [0, 0.05) is 4.47 Å². The summed E-state index contributed by atoms with van der Waals surface area (Å²) in [6, 6.07) is 15.3. The van der Waals surface area contributed by atoms with Crippen molar-refractivity contribution in [1.82, 2.24) is 0 Å². The topological polar surface area (TPSA) is 38.3 Å². The number of hydrogen-bond acceptors (Lipinski definition) is 2. The van der Waals surface area contributed by atoms with Gasteiger partial charge in [0.25, 0.3) is 0 Å². The highest BCUT2D eigenvalue weighted by Crippen LogP contribution is 2.23. The Labute approximate surface area is 127 Å². The van der Waals surface area contributed by atoms with Gasteiger partial charge in [-0.1, -0.05) is 24.3 Å². The fourth-order valence-electron chi connectivity index (χ4n) is 1.73. The Morgan fingerprint density at radius 3 is 2.70 bits per heavy atom. The molecule has 0 unspecified atom stereocenters. The fraction of sp³-hybridized carbons (Fsp3) is 0.188. The molecule has 2 aromatic rings. The molecule has 0 atom stereocenters. The minimum absolute atomic E-state index is 0.0627. The van der Waals surface area contributed by atoms with Crippen molar-refractivity contribution in [3.05, 3.63) is 58.6 Å². The lowest BCUT2D eigenvalue weighted by atomic mass is 10.2. The first kappa shape index (κ1) is 14.6. The number of rotatable bonds is 5. The first-order valence-electron chi connectivity index (χ1n) is 6.39. The van der Waals surface area contributed by atoms with Gasteiger partial charge in [0.1, 0.15) is 5.75 Å². The number of hydrogen-bond donors (Lipinski definition) is 1. The fourth-order valence-corrected chi connectivity index (χ4v) is 2.07. The van der Waals surface area contributed by atoms with Crippen LogP contribution < -0.4 is 10.1 Å². The molecule has 0 heterocycles. The molecule has 0 radical (unpaired) electrons. The van der Waals surface area contributed by atoms with Crippen LogP contribution >= 0.6 is 15.9 Å². The van der Waals surface area contributed by atoms with Gasteiger partial charge in [-0.2, -0.15) is 0 Å². The molecular formula is C16H16BrNO2. The Bertz CT molecular complexity index is 584. The van der Waals surface area contributed by atoms with Gasteiger partial charge in [0.05, 0.1) is 18.7 Å². The third-order valence-electron chi connectivity index (χ3n) is 2.74. The SMILES string of the molecule is Cc1ccc(Br)c(NC(=O)CCOc2ccccc2)c1. The van der Waals surface area contributed by atoms with Crippen molar-refractivity contribution in [2.75, 3.05) is 11.9 Å². The minimum atomic E-state index is -0.0627. The third kappa shape index (κ3) is 4.38. The van der Waals surface area contributed by atoms with E-state index in [2.05, 4.69) is 21.2 Å². The summed E-state index contributed by atoms with van der Waals surface area (Å²) in [5.41, 5.74) is 1.89. The van der Waals surface area contributed by atoms with E-state index in [4.69, 9.17) is 4.74 Å². The number of anilines is 1. The van der Waals surface area contributed by atoms with E-state index in [1.54, 1.807) is 0 Å². The number of aryl methyl sites for hydroxylation is 1. The van der Waals surface area contributed by atoms with E-state index in [9.17, 15) is 4.79 Å². The number of carbonyl (C=O) groups is 1. The van der Waals surface area contributed by atoms with Crippen molar-refractivity contribution in [3.63, 3.8) is 0 Å². The zero-order valence-corrected chi connectivity index (χ0v) is 12.8. The molecule has 20 heavy (non-hydrogen) atoms. The molecule has 0 aliphatic heterocycles. The quantitative estimate of drug-likeness (QED) is 0.891. The standard InChI is InChI=1S/C16H16BrNO2/c1-12-7-8-14(17)15(11-12)18-16(19)9-10-20-13-5-3-2-4-6-13/h2-8,11H,9-10H2,1H3,(H,18,19). The van der Waals surface area contributed by atoms with Crippen molar-refractivity contribution < 1.29 is 9.53 Å². The zero-order valence-electron chi connectivity index (χ0n) is 11.2. The number of nitrogens with one attached hydrogen (secondary N) is 1. The predicted octanol–water partition coefficient (Wildman–Crippen LogP) is 4.17. The summed E-state index contributed by atoms with van der Waals surface area (Å²) in [6.07, 6.45) is 0.315. The molecule has 3 nitrogen and oxygen atoms in total. The maximum absolute atomic E-state index is 11.9. The van der Waals surface area contributed by atoms with Gasteiger partial charge < -0.3 is 10.1 Å². The van der Waals surface area contributed by atoms with E-state index in [0.29, 0.717) is 13.0 Å². The van der Waals surface area contributed by atoms with E-state index >= 15 is 0 Å². The van der Waals surface area contributed by atoms with Crippen LogP contribution in [0.15, 0.2) is 53.0 Å². The second-order valence-corrected chi connectivity index (χ2v) is 5.30. The predicted molar refractivity (Wildman–Crippen MR) is 84.1 cm³/mol. The average Bonchev–Trinajstić information content (AvgIpc) is 2.44. The van der Waals surface area contributed by atoms with Crippen molar-refractivity contribution >= 4 is 27.5 Å². The summed E-state index contributed by atoms with van der Waals surface area (Å²) in [5.74, 6) is 0.712. The summed E-state index contributed by atoms with van der Waals surface area (Å²) in [5, 5.41) is 2.87. The molecule has 0 saturated carbocycles. The Morgan fingerprint density at radius 1 is 1.20 bits per heavy atom. The normalized spacial score (nSPS) is 10.1. The van der Waals surface area contributed by atoms with Crippen molar-refractivity contribution in [2.24, 2.45) is 0 Å². The van der Waals surface area contributed by atoms with Crippen molar-refractivity contribution in [3.8, 4) is 5.75 Å². The molecule has 4 heteroatoms. The molecule has 0 saturated heterocycles. The molecule has 0 fully saturated rings. The number of benzene rings is 2. The largest absolute Gasteiger partial charge is 0.493 e. The number of halogens is 1. The highest BCUT2D eigenvalue weighted by molar-refractivity contribution is 9.10. The van der Waals surface area contributed by atoms with Crippen molar-refractivity contribution in [1.29, 1.82) is 0 Å². The van der Waals surface area contributed by atoms with Gasteiger partial charge in [0.15, 0.2) is 0 Å². The molecular weight excluding hydrogens is 318 g/mol. The molecule has 0 spiro atoms. The van der Waals surface area contributed by atoms with E-state index < -0.39 is 0 Å². The van der Waals surface area contributed by atoms with Crippen LogP contribution in [0.3, 0.4) is 0 Å². The highest BCUT2D eigenvalue weighted by atomic mass is 79.9. The van der Waals surface area contributed by atoms with Gasteiger partial charge >= 0.3 is 0 Å². The molecule has 104 valence electrons. The van der Waals surface area contributed by atoms with Gasteiger partial charge in [-0.25, -0.2) is 0 Å². The van der Waals surface area contributed by atoms with Crippen LogP contribution in [0.25, 0.3) is 0 Å². The highest BCUT2D eigenvalue weighted by Gasteiger charge is 2.06. The first-order valence-corrected chi connectivity index (χ1v) is 7.18. The Hall–Kier alpha value is -1.81. The van der Waals surface area contributed by atoms with Crippen LogP contribution in [0, 0.1) is 6.92 Å². The maximum atomic E-state index is 11.9. The zero-order chi connectivity index (χ0) is 14.4. The van der Waals surface area contributed by atoms with Gasteiger partial charge in [-0.05, 0) is 52.7 Å². The van der Waals surface area contributed by atoms with Crippen LogP contribution in [0.1, 0.15) is 12.0 Å². The second-order valence-electron chi connectivity index (χ2n) is 4.44. The first-order chi connectivity index (χ1) is 9.65. The second kappa shape index (κ2) is 7.10. The Kier molecular flexibility index (Phi) is 5.18.